The van der Waals surface area contributed by atoms with Gasteiger partial charge in [-0.15, -0.1) is 0 Å². The molecule has 0 radical (unpaired) electrons. The summed E-state index contributed by atoms with van der Waals surface area (Å²) in [5.41, 5.74) is 0. The molecular weight excluding hydrogens is 148 g/mol. The number of carbonyl (C=O) groups excluding carboxylic acids is 1. The topological polar surface area (TPSA) is 55.8 Å². The second-order valence-electron chi connectivity index (χ2n) is 2.25. The van der Waals surface area contributed by atoms with Gasteiger partial charge in [0.1, 0.15) is 0 Å². The molecule has 11 heavy (non-hydrogen) atoms. The van der Waals surface area contributed by atoms with E-state index in [4.69, 9.17) is 5.11 Å². The Balaban J connectivity index is 3.18. The highest BCUT2D eigenvalue weighted by Crippen LogP contribution is 1.91. The van der Waals surface area contributed by atoms with Gasteiger partial charge in [0.2, 0.25) is 0 Å². The summed E-state index contributed by atoms with van der Waals surface area (Å²) in [6.07, 6.45) is 0.705. The van der Waals surface area contributed by atoms with Crippen molar-refractivity contribution < 1.29 is 19.7 Å². The normalized spacial score (nSPS) is 12.6. The van der Waals surface area contributed by atoms with E-state index in [0.29, 0.717) is 6.61 Å². The first-order valence-corrected chi connectivity index (χ1v) is 3.69. The molecule has 0 amide bonds. The molecule has 0 aliphatic heterocycles. The highest BCUT2D eigenvalue weighted by Gasteiger charge is 2.10. The summed E-state index contributed by atoms with van der Waals surface area (Å²) in [4.78, 5) is 19.2. The van der Waals surface area contributed by atoms with Gasteiger partial charge in [0.15, 0.2) is 6.10 Å². The molecule has 66 valence electrons. The van der Waals surface area contributed by atoms with Crippen LogP contribution in [0, 0.1) is 0 Å². The Bertz CT molecular complexity index is 111. The van der Waals surface area contributed by atoms with E-state index in [9.17, 15) is 4.79 Å². The number of aliphatic hydroxyl groups excluding tert-OH is 1. The van der Waals surface area contributed by atoms with Crippen LogP contribution in [-0.2, 0) is 14.6 Å². The van der Waals surface area contributed by atoms with Gasteiger partial charge in [-0.05, 0) is 13.3 Å². The summed E-state index contributed by atoms with van der Waals surface area (Å²) in [5.74, 6) is -0.749. The van der Waals surface area contributed by atoms with Crippen molar-refractivity contribution in [1.82, 2.24) is 0 Å². The Morgan fingerprint density at radius 1 is 1.64 bits per heavy atom. The lowest BCUT2D eigenvalue weighted by atomic mass is 10.4. The number of hydrogen-bond acceptors (Lipinski definition) is 4. The van der Waals surface area contributed by atoms with E-state index in [1.54, 1.807) is 0 Å². The van der Waals surface area contributed by atoms with Gasteiger partial charge in [-0.25, -0.2) is 4.79 Å². The fourth-order valence-corrected chi connectivity index (χ4v) is 0.373. The first kappa shape index (κ1) is 10.4. The molecule has 0 saturated heterocycles. The van der Waals surface area contributed by atoms with Crippen LogP contribution in [-0.4, -0.2) is 23.8 Å². The fourth-order valence-electron chi connectivity index (χ4n) is 0.373. The van der Waals surface area contributed by atoms with E-state index >= 15 is 0 Å². The van der Waals surface area contributed by atoms with Crippen LogP contribution in [0.1, 0.15) is 26.7 Å². The minimum atomic E-state index is -1.11. The minimum absolute atomic E-state index is 0.384. The molecule has 0 aromatic rings. The van der Waals surface area contributed by atoms with Gasteiger partial charge < -0.3 is 5.11 Å². The molecule has 0 aromatic heterocycles. The lowest BCUT2D eigenvalue weighted by Gasteiger charge is -2.03. The number of rotatable bonds is 5. The van der Waals surface area contributed by atoms with Crippen LogP contribution in [0.5, 0.6) is 0 Å². The lowest BCUT2D eigenvalue weighted by molar-refractivity contribution is -0.278. The van der Waals surface area contributed by atoms with Crippen molar-refractivity contribution in [1.29, 1.82) is 0 Å². The largest absolute Gasteiger partial charge is 0.382 e. The molecule has 1 atom stereocenters. The molecule has 0 bridgehead atoms. The average Bonchev–Trinajstić information content (AvgIpc) is 1.97. The SMILES string of the molecule is CCCCOOC(=O)C(C)O. The quantitative estimate of drug-likeness (QED) is 0.366. The van der Waals surface area contributed by atoms with Gasteiger partial charge in [-0.1, -0.05) is 13.3 Å². The van der Waals surface area contributed by atoms with Gasteiger partial charge >= 0.3 is 5.97 Å². The minimum Gasteiger partial charge on any atom is -0.382 e. The molecular formula is C7H14O4. The van der Waals surface area contributed by atoms with Crippen molar-refractivity contribution in [2.24, 2.45) is 0 Å². The van der Waals surface area contributed by atoms with Gasteiger partial charge in [-0.3, -0.25) is 4.89 Å². The Morgan fingerprint density at radius 2 is 2.27 bits per heavy atom. The summed E-state index contributed by atoms with van der Waals surface area (Å²) in [5, 5.41) is 8.62. The molecule has 1 N–H and O–H groups in total. The van der Waals surface area contributed by atoms with E-state index in [1.807, 2.05) is 6.92 Å². The molecule has 0 rings (SSSR count). The van der Waals surface area contributed by atoms with Crippen molar-refractivity contribution in [3.63, 3.8) is 0 Å². The smallest absolute Gasteiger partial charge is 0.370 e. The number of aliphatic hydroxyl groups is 1. The number of hydrogen-bond donors (Lipinski definition) is 1. The van der Waals surface area contributed by atoms with Crippen molar-refractivity contribution in [2.45, 2.75) is 32.8 Å². The van der Waals surface area contributed by atoms with Gasteiger partial charge in [0, 0.05) is 0 Å². The van der Waals surface area contributed by atoms with Crippen LogP contribution in [0.2, 0.25) is 0 Å². The third-order valence-corrected chi connectivity index (χ3v) is 1.06. The van der Waals surface area contributed by atoms with Gasteiger partial charge in [0.25, 0.3) is 0 Å². The monoisotopic (exact) mass is 162 g/mol. The van der Waals surface area contributed by atoms with Gasteiger partial charge in [-0.2, -0.15) is 4.89 Å². The summed E-state index contributed by atoms with van der Waals surface area (Å²) >= 11 is 0. The summed E-state index contributed by atoms with van der Waals surface area (Å²) in [6, 6.07) is 0. The highest BCUT2D eigenvalue weighted by atomic mass is 17.2. The fraction of sp³-hybridized carbons (Fsp3) is 0.857. The third kappa shape index (κ3) is 5.82. The standard InChI is InChI=1S/C7H14O4/c1-3-4-5-10-11-7(9)6(2)8/h6,8H,3-5H2,1-2H3. The Hall–Kier alpha value is -0.610. The zero-order valence-corrected chi connectivity index (χ0v) is 6.87. The summed E-state index contributed by atoms with van der Waals surface area (Å²) < 4.78 is 0. The molecule has 1 unspecified atom stereocenters. The maximum Gasteiger partial charge on any atom is 0.370 e. The second-order valence-corrected chi connectivity index (χ2v) is 2.25. The van der Waals surface area contributed by atoms with E-state index in [1.165, 1.54) is 6.92 Å². The van der Waals surface area contributed by atoms with Crippen LogP contribution in [0.15, 0.2) is 0 Å². The predicted octanol–water partition coefficient (Wildman–Crippen LogP) is 0.642. The first-order valence-electron chi connectivity index (χ1n) is 3.69. The summed E-state index contributed by atoms with van der Waals surface area (Å²) in [7, 11) is 0. The number of carbonyl (C=O) groups is 1. The zero-order chi connectivity index (χ0) is 8.69. The molecule has 0 aliphatic rings. The Kier molecular flexibility index (Phi) is 5.78. The molecule has 0 spiro atoms. The second kappa shape index (κ2) is 6.12. The van der Waals surface area contributed by atoms with Crippen LogP contribution >= 0.6 is 0 Å². The molecule has 4 heteroatoms. The first-order chi connectivity index (χ1) is 5.18. The Labute approximate surface area is 66.0 Å². The maximum atomic E-state index is 10.5. The third-order valence-electron chi connectivity index (χ3n) is 1.06. The molecule has 0 saturated carbocycles. The zero-order valence-electron chi connectivity index (χ0n) is 6.87. The van der Waals surface area contributed by atoms with Crippen molar-refractivity contribution in [2.75, 3.05) is 6.61 Å². The maximum absolute atomic E-state index is 10.5. The van der Waals surface area contributed by atoms with Crippen LogP contribution in [0.4, 0.5) is 0 Å². The molecule has 0 aromatic carbocycles. The van der Waals surface area contributed by atoms with E-state index < -0.39 is 12.1 Å². The van der Waals surface area contributed by atoms with Crippen LogP contribution in [0.25, 0.3) is 0 Å². The predicted molar refractivity (Wildman–Crippen MR) is 38.6 cm³/mol. The highest BCUT2D eigenvalue weighted by molar-refractivity contribution is 5.73. The van der Waals surface area contributed by atoms with Crippen molar-refractivity contribution in [3.8, 4) is 0 Å². The lowest BCUT2D eigenvalue weighted by Crippen LogP contribution is -2.19. The Morgan fingerprint density at radius 3 is 2.73 bits per heavy atom. The van der Waals surface area contributed by atoms with E-state index in [2.05, 4.69) is 9.78 Å². The molecule has 4 nitrogen and oxygen atoms in total. The van der Waals surface area contributed by atoms with Crippen LogP contribution < -0.4 is 0 Å². The van der Waals surface area contributed by atoms with Gasteiger partial charge in [0.05, 0.1) is 6.61 Å². The van der Waals surface area contributed by atoms with E-state index in [0.717, 1.165) is 12.8 Å². The average molecular weight is 162 g/mol. The van der Waals surface area contributed by atoms with E-state index in [-0.39, 0.29) is 0 Å². The van der Waals surface area contributed by atoms with Crippen molar-refractivity contribution >= 4 is 5.97 Å². The molecule has 0 aliphatic carbocycles. The summed E-state index contributed by atoms with van der Waals surface area (Å²) in [6.45, 7) is 3.71. The molecule has 0 fully saturated rings. The molecule has 0 heterocycles. The van der Waals surface area contributed by atoms with Crippen LogP contribution in [0.3, 0.4) is 0 Å². The number of unbranched alkanes of at least 4 members (excludes halogenated alkanes) is 1. The van der Waals surface area contributed by atoms with Crippen molar-refractivity contribution in [3.05, 3.63) is 0 Å².